The largest absolute Gasteiger partial charge is 0.480 e. The molecule has 2 aromatic heterocycles. The number of rotatable bonds is 8. The summed E-state index contributed by atoms with van der Waals surface area (Å²) in [4.78, 5) is 23.8. The third-order valence-electron chi connectivity index (χ3n) is 4.77. The van der Waals surface area contributed by atoms with Crippen molar-refractivity contribution < 1.29 is 18.3 Å². The molecule has 166 valence electrons. The standard InChI is InChI=1S/C19H21Cl2N5O4S/c1-11(2)8-14(18(27)28)25(3)31(29,30)13-6-4-12(5-7-13)9-26-10-22-15-16(20)23-19(21)24-17(15)26/h4-7,10-11,14H,8-9H2,1-3H3,(H,27,28)/t14-/m0/s1. The van der Waals surface area contributed by atoms with Crippen molar-refractivity contribution in [3.63, 3.8) is 0 Å². The Kier molecular flexibility index (Phi) is 6.85. The quantitative estimate of drug-likeness (QED) is 0.383. The van der Waals surface area contributed by atoms with Crippen LogP contribution in [0.1, 0.15) is 25.8 Å². The number of carbonyl (C=O) groups is 1. The Labute approximate surface area is 189 Å². The summed E-state index contributed by atoms with van der Waals surface area (Å²) in [6.07, 6.45) is 1.76. The molecule has 0 fully saturated rings. The van der Waals surface area contributed by atoms with Crippen molar-refractivity contribution in [3.8, 4) is 0 Å². The van der Waals surface area contributed by atoms with E-state index in [-0.39, 0.29) is 27.7 Å². The first kappa shape index (κ1) is 23.4. The highest BCUT2D eigenvalue weighted by Gasteiger charge is 2.33. The number of imidazole rings is 1. The molecule has 0 bridgehead atoms. The molecule has 3 rings (SSSR count). The average molecular weight is 486 g/mol. The number of halogens is 2. The molecule has 31 heavy (non-hydrogen) atoms. The van der Waals surface area contributed by atoms with Gasteiger partial charge in [0.2, 0.25) is 15.3 Å². The molecule has 0 radical (unpaired) electrons. The van der Waals surface area contributed by atoms with Gasteiger partial charge in [-0.1, -0.05) is 37.6 Å². The van der Waals surface area contributed by atoms with E-state index in [4.69, 9.17) is 23.2 Å². The number of carboxylic acid groups (broad SMARTS) is 1. The van der Waals surface area contributed by atoms with E-state index in [1.165, 1.54) is 19.2 Å². The second-order valence-corrected chi connectivity index (χ2v) is 10.2. The SMILES string of the molecule is CC(C)C[C@@H](C(=O)O)N(C)S(=O)(=O)c1ccc(Cn2cnc3c(Cl)nc(Cl)nc32)cc1. The Hall–Kier alpha value is -2.27. The Morgan fingerprint density at radius 3 is 2.42 bits per heavy atom. The highest BCUT2D eigenvalue weighted by atomic mass is 35.5. The molecule has 1 N–H and O–H groups in total. The van der Waals surface area contributed by atoms with Crippen LogP contribution in [-0.2, 0) is 21.4 Å². The topological polar surface area (TPSA) is 118 Å². The van der Waals surface area contributed by atoms with Crippen molar-refractivity contribution >= 4 is 50.4 Å². The highest BCUT2D eigenvalue weighted by molar-refractivity contribution is 7.89. The van der Waals surface area contributed by atoms with Crippen molar-refractivity contribution in [2.24, 2.45) is 5.92 Å². The molecule has 1 atom stereocenters. The van der Waals surface area contributed by atoms with E-state index in [1.54, 1.807) is 23.0 Å². The number of fused-ring (bicyclic) bond motifs is 1. The van der Waals surface area contributed by atoms with Gasteiger partial charge in [0.25, 0.3) is 0 Å². The molecule has 0 spiro atoms. The number of hydrogen-bond acceptors (Lipinski definition) is 6. The molecule has 0 aliphatic carbocycles. The minimum atomic E-state index is -3.98. The van der Waals surface area contributed by atoms with E-state index < -0.39 is 22.0 Å². The van der Waals surface area contributed by atoms with Crippen molar-refractivity contribution in [2.45, 2.75) is 37.8 Å². The van der Waals surface area contributed by atoms with Crippen LogP contribution in [0.2, 0.25) is 10.4 Å². The first-order chi connectivity index (χ1) is 14.5. The van der Waals surface area contributed by atoms with Gasteiger partial charge in [-0.25, -0.2) is 18.4 Å². The fourth-order valence-electron chi connectivity index (χ4n) is 3.15. The van der Waals surface area contributed by atoms with Crippen LogP contribution in [0.15, 0.2) is 35.5 Å². The fraction of sp³-hybridized carbons (Fsp3) is 0.368. The highest BCUT2D eigenvalue weighted by Crippen LogP contribution is 2.23. The first-order valence-electron chi connectivity index (χ1n) is 9.34. The summed E-state index contributed by atoms with van der Waals surface area (Å²) in [7, 11) is -2.69. The molecule has 0 amide bonds. The van der Waals surface area contributed by atoms with Gasteiger partial charge in [0.1, 0.15) is 11.6 Å². The number of benzene rings is 1. The van der Waals surface area contributed by atoms with Gasteiger partial charge in [-0.15, -0.1) is 0 Å². The minimum absolute atomic E-state index is 0.00175. The number of carboxylic acids is 1. The summed E-state index contributed by atoms with van der Waals surface area (Å²) in [6, 6.07) is 5.05. The Morgan fingerprint density at radius 2 is 1.84 bits per heavy atom. The van der Waals surface area contributed by atoms with Gasteiger partial charge in [0.15, 0.2) is 10.8 Å². The van der Waals surface area contributed by atoms with Gasteiger partial charge < -0.3 is 9.67 Å². The predicted octanol–water partition coefficient (Wildman–Crippen LogP) is 3.30. The predicted molar refractivity (Wildman–Crippen MR) is 117 cm³/mol. The van der Waals surface area contributed by atoms with Crippen LogP contribution in [0, 0.1) is 5.92 Å². The second-order valence-electron chi connectivity index (χ2n) is 7.48. The van der Waals surface area contributed by atoms with E-state index in [0.29, 0.717) is 17.7 Å². The van der Waals surface area contributed by atoms with Gasteiger partial charge in [0, 0.05) is 7.05 Å². The lowest BCUT2D eigenvalue weighted by atomic mass is 10.0. The maximum atomic E-state index is 12.9. The fourth-order valence-corrected chi connectivity index (χ4v) is 4.89. The van der Waals surface area contributed by atoms with E-state index in [2.05, 4.69) is 15.0 Å². The van der Waals surface area contributed by atoms with E-state index in [1.807, 2.05) is 13.8 Å². The van der Waals surface area contributed by atoms with Crippen LogP contribution in [0.5, 0.6) is 0 Å². The monoisotopic (exact) mass is 485 g/mol. The van der Waals surface area contributed by atoms with Crippen LogP contribution in [-0.4, -0.2) is 56.4 Å². The lowest BCUT2D eigenvalue weighted by molar-refractivity contribution is -0.141. The first-order valence-corrected chi connectivity index (χ1v) is 11.5. The molecule has 1 aromatic carbocycles. The lowest BCUT2D eigenvalue weighted by Crippen LogP contribution is -2.43. The lowest BCUT2D eigenvalue weighted by Gasteiger charge is -2.25. The Morgan fingerprint density at radius 1 is 1.19 bits per heavy atom. The molecule has 0 aliphatic heterocycles. The zero-order valence-corrected chi connectivity index (χ0v) is 19.4. The van der Waals surface area contributed by atoms with Gasteiger partial charge in [-0.2, -0.15) is 9.29 Å². The Bertz CT molecular complexity index is 1210. The smallest absolute Gasteiger partial charge is 0.322 e. The minimum Gasteiger partial charge on any atom is -0.480 e. The van der Waals surface area contributed by atoms with Crippen LogP contribution in [0.3, 0.4) is 0 Å². The molecule has 3 aromatic rings. The summed E-state index contributed by atoms with van der Waals surface area (Å²) in [6.45, 7) is 4.04. The summed E-state index contributed by atoms with van der Waals surface area (Å²) < 4.78 is 28.5. The van der Waals surface area contributed by atoms with E-state index in [0.717, 1.165) is 9.87 Å². The van der Waals surface area contributed by atoms with Crippen LogP contribution in [0.4, 0.5) is 0 Å². The van der Waals surface area contributed by atoms with Crippen LogP contribution < -0.4 is 0 Å². The van der Waals surface area contributed by atoms with Gasteiger partial charge in [0.05, 0.1) is 17.8 Å². The molecule has 2 heterocycles. The van der Waals surface area contributed by atoms with Crippen molar-refractivity contribution in [2.75, 3.05) is 7.05 Å². The van der Waals surface area contributed by atoms with Crippen molar-refractivity contribution in [1.29, 1.82) is 0 Å². The normalized spacial score (nSPS) is 13.3. The van der Waals surface area contributed by atoms with E-state index in [9.17, 15) is 18.3 Å². The van der Waals surface area contributed by atoms with E-state index >= 15 is 0 Å². The molecule has 0 aliphatic rings. The number of sulfonamides is 1. The van der Waals surface area contributed by atoms with Crippen molar-refractivity contribution in [3.05, 3.63) is 46.6 Å². The van der Waals surface area contributed by atoms with Gasteiger partial charge >= 0.3 is 5.97 Å². The molecule has 0 saturated carbocycles. The van der Waals surface area contributed by atoms with Crippen LogP contribution >= 0.6 is 23.2 Å². The summed E-state index contributed by atoms with van der Waals surface area (Å²) in [5.74, 6) is -1.15. The zero-order chi connectivity index (χ0) is 22.9. The molecule has 12 heteroatoms. The summed E-state index contributed by atoms with van der Waals surface area (Å²) in [5.41, 5.74) is 1.65. The van der Waals surface area contributed by atoms with Crippen molar-refractivity contribution in [1.82, 2.24) is 23.8 Å². The molecule has 0 unspecified atom stereocenters. The second kappa shape index (κ2) is 9.07. The van der Waals surface area contributed by atoms with Gasteiger partial charge in [-0.3, -0.25) is 4.79 Å². The summed E-state index contributed by atoms with van der Waals surface area (Å²) >= 11 is 11.9. The molecular formula is C19H21Cl2N5O4S. The van der Waals surface area contributed by atoms with Gasteiger partial charge in [-0.05, 0) is 41.6 Å². The maximum Gasteiger partial charge on any atom is 0.322 e. The average Bonchev–Trinajstić information content (AvgIpc) is 3.08. The number of hydrogen-bond donors (Lipinski definition) is 1. The number of aliphatic carboxylic acids is 1. The maximum absolute atomic E-state index is 12.9. The third kappa shape index (κ3) is 4.98. The molecular weight excluding hydrogens is 465 g/mol. The molecule has 9 nitrogen and oxygen atoms in total. The number of aromatic nitrogens is 4. The zero-order valence-electron chi connectivity index (χ0n) is 17.0. The van der Waals surface area contributed by atoms with Crippen LogP contribution in [0.25, 0.3) is 11.2 Å². The third-order valence-corrected chi connectivity index (χ3v) is 7.08. The number of likely N-dealkylation sites (N-methyl/N-ethyl adjacent to an activating group) is 1. The molecule has 0 saturated heterocycles. The Balaban J connectivity index is 1.85. The summed E-state index contributed by atoms with van der Waals surface area (Å²) in [5, 5.41) is 9.62. The number of nitrogens with zero attached hydrogens (tertiary/aromatic N) is 5.